The van der Waals surface area contributed by atoms with Gasteiger partial charge in [-0.25, -0.2) is 4.79 Å². The minimum absolute atomic E-state index is 0.103. The number of benzene rings is 2. The Morgan fingerprint density at radius 3 is 2.62 bits per heavy atom. The second kappa shape index (κ2) is 13.7. The second-order valence-corrected chi connectivity index (χ2v) is 11.8. The van der Waals surface area contributed by atoms with E-state index in [4.69, 9.17) is 9.47 Å². The number of thioether (sulfide) groups is 1. The van der Waals surface area contributed by atoms with Gasteiger partial charge in [-0.3, -0.25) is 9.59 Å². The third-order valence-corrected chi connectivity index (χ3v) is 8.93. The van der Waals surface area contributed by atoms with Crippen molar-refractivity contribution in [1.82, 2.24) is 0 Å². The lowest BCUT2D eigenvalue weighted by Gasteiger charge is -2.18. The van der Waals surface area contributed by atoms with Crippen LogP contribution in [0, 0.1) is 5.92 Å². The molecule has 0 saturated carbocycles. The second-order valence-electron chi connectivity index (χ2n) is 9.46. The van der Waals surface area contributed by atoms with E-state index in [9.17, 15) is 14.4 Å². The molecule has 0 radical (unpaired) electrons. The van der Waals surface area contributed by atoms with E-state index in [2.05, 4.69) is 17.6 Å². The van der Waals surface area contributed by atoms with Crippen LogP contribution in [0.25, 0.3) is 0 Å². The van der Waals surface area contributed by atoms with Crippen LogP contribution in [-0.4, -0.2) is 36.2 Å². The summed E-state index contributed by atoms with van der Waals surface area (Å²) in [4.78, 5) is 40.6. The first-order valence-electron chi connectivity index (χ1n) is 13.2. The Bertz CT molecular complexity index is 1310. The first-order chi connectivity index (χ1) is 18.9. The fourth-order valence-corrected chi connectivity index (χ4v) is 6.86. The smallest absolute Gasteiger partial charge is 0.341 e. The van der Waals surface area contributed by atoms with E-state index in [1.165, 1.54) is 23.1 Å². The zero-order valence-corrected chi connectivity index (χ0v) is 24.1. The number of carbonyl (C=O) groups excluding carboxylic acids is 3. The van der Waals surface area contributed by atoms with Crippen LogP contribution >= 0.6 is 23.1 Å². The van der Waals surface area contributed by atoms with Gasteiger partial charge in [0, 0.05) is 15.5 Å². The molecule has 39 heavy (non-hydrogen) atoms. The van der Waals surface area contributed by atoms with E-state index in [1.807, 2.05) is 43.3 Å². The normalized spacial score (nSPS) is 15.1. The average molecular weight is 567 g/mol. The van der Waals surface area contributed by atoms with E-state index in [0.29, 0.717) is 34.3 Å². The molecule has 4 rings (SSSR count). The van der Waals surface area contributed by atoms with Crippen molar-refractivity contribution in [3.8, 4) is 5.75 Å². The zero-order valence-electron chi connectivity index (χ0n) is 22.5. The minimum atomic E-state index is -0.384. The summed E-state index contributed by atoms with van der Waals surface area (Å²) in [6.45, 7) is 6.13. The van der Waals surface area contributed by atoms with Crippen LogP contribution in [-0.2, 0) is 27.2 Å². The lowest BCUT2D eigenvalue weighted by molar-refractivity contribution is -0.118. The lowest BCUT2D eigenvalue weighted by Crippen LogP contribution is -2.25. The number of hydrogen-bond acceptors (Lipinski definition) is 7. The van der Waals surface area contributed by atoms with Crippen LogP contribution in [0.1, 0.15) is 54.4 Å². The van der Waals surface area contributed by atoms with Crippen molar-refractivity contribution in [2.75, 3.05) is 23.8 Å². The maximum Gasteiger partial charge on any atom is 0.341 e. The molecule has 2 atom stereocenters. The van der Waals surface area contributed by atoms with Crippen LogP contribution in [0.15, 0.2) is 59.5 Å². The summed E-state index contributed by atoms with van der Waals surface area (Å²) in [5.74, 6) is 0.367. The summed E-state index contributed by atoms with van der Waals surface area (Å²) in [7, 11) is 0. The Morgan fingerprint density at radius 2 is 1.87 bits per heavy atom. The van der Waals surface area contributed by atoms with Gasteiger partial charge in [0.15, 0.2) is 6.61 Å². The third-order valence-electron chi connectivity index (χ3n) is 6.40. The maximum absolute atomic E-state index is 13.4. The van der Waals surface area contributed by atoms with E-state index in [1.54, 1.807) is 25.1 Å². The Morgan fingerprint density at radius 1 is 1.08 bits per heavy atom. The Kier molecular flexibility index (Phi) is 10.1. The molecule has 0 bridgehead atoms. The first-order valence-corrected chi connectivity index (χ1v) is 14.9. The molecule has 7 nitrogen and oxygen atoms in total. The van der Waals surface area contributed by atoms with Crippen LogP contribution in [0.4, 0.5) is 10.7 Å². The molecule has 1 aliphatic carbocycles. The number of anilines is 2. The number of esters is 1. The monoisotopic (exact) mass is 566 g/mol. The van der Waals surface area contributed by atoms with Gasteiger partial charge in [0.2, 0.25) is 5.91 Å². The molecule has 2 N–H and O–H groups in total. The summed E-state index contributed by atoms with van der Waals surface area (Å²) in [5, 5.41) is 6.09. The molecular formula is C30H34N2O5S2. The highest BCUT2D eigenvalue weighted by molar-refractivity contribution is 8.00. The topological polar surface area (TPSA) is 93.7 Å². The number of ether oxygens (including phenoxy) is 2. The van der Waals surface area contributed by atoms with Crippen molar-refractivity contribution in [1.29, 1.82) is 0 Å². The Balaban J connectivity index is 1.41. The number of para-hydroxylation sites is 1. The summed E-state index contributed by atoms with van der Waals surface area (Å²) in [6, 6.07) is 16.6. The van der Waals surface area contributed by atoms with Crippen LogP contribution in [0.5, 0.6) is 5.75 Å². The number of nitrogens with one attached hydrogen (secondary N) is 2. The van der Waals surface area contributed by atoms with Gasteiger partial charge in [-0.1, -0.05) is 38.1 Å². The fraction of sp³-hybridized carbons (Fsp3) is 0.367. The van der Waals surface area contributed by atoms with Gasteiger partial charge >= 0.3 is 5.97 Å². The summed E-state index contributed by atoms with van der Waals surface area (Å²) in [5.41, 5.74) is 2.16. The first kappa shape index (κ1) is 28.7. The number of hydrogen-bond donors (Lipinski definition) is 2. The van der Waals surface area contributed by atoms with E-state index in [-0.39, 0.29) is 36.2 Å². The molecular weight excluding hydrogens is 532 g/mol. The summed E-state index contributed by atoms with van der Waals surface area (Å²) >= 11 is 2.91. The molecule has 2 unspecified atom stereocenters. The van der Waals surface area contributed by atoms with Gasteiger partial charge in [0.05, 0.1) is 17.4 Å². The number of thiophene rings is 1. The van der Waals surface area contributed by atoms with Crippen molar-refractivity contribution in [3.63, 3.8) is 0 Å². The number of fused-ring (bicyclic) bond motifs is 1. The van der Waals surface area contributed by atoms with Crippen LogP contribution in [0.2, 0.25) is 0 Å². The highest BCUT2D eigenvalue weighted by atomic mass is 32.2. The van der Waals surface area contributed by atoms with Gasteiger partial charge in [-0.2, -0.15) is 0 Å². The lowest BCUT2D eigenvalue weighted by atomic mass is 9.88. The molecule has 9 heteroatoms. The molecule has 206 valence electrons. The SMILES string of the molecule is CCOC(=O)c1c(NC(=O)C(CC)Sc2cccc(NC(=O)COc3ccccc3)c2)sc2c1CCC(C)C2. The summed E-state index contributed by atoms with van der Waals surface area (Å²) in [6.07, 6.45) is 3.33. The van der Waals surface area contributed by atoms with Gasteiger partial charge < -0.3 is 20.1 Å². The fourth-order valence-electron chi connectivity index (χ4n) is 4.45. The average Bonchev–Trinajstić information content (AvgIpc) is 3.28. The van der Waals surface area contributed by atoms with Crippen LogP contribution < -0.4 is 15.4 Å². The Hall–Kier alpha value is -3.30. The highest BCUT2D eigenvalue weighted by Gasteiger charge is 2.30. The quantitative estimate of drug-likeness (QED) is 0.201. The molecule has 2 aromatic carbocycles. The molecule has 0 spiro atoms. The molecule has 0 fully saturated rings. The minimum Gasteiger partial charge on any atom is -0.484 e. The van der Waals surface area contributed by atoms with Crippen molar-refractivity contribution in [2.24, 2.45) is 5.92 Å². The van der Waals surface area contributed by atoms with Crippen molar-refractivity contribution in [3.05, 3.63) is 70.6 Å². The number of carbonyl (C=O) groups is 3. The molecule has 0 aliphatic heterocycles. The molecule has 1 heterocycles. The highest BCUT2D eigenvalue weighted by Crippen LogP contribution is 2.40. The van der Waals surface area contributed by atoms with Crippen molar-refractivity contribution >= 4 is 51.6 Å². The predicted octanol–water partition coefficient (Wildman–Crippen LogP) is 6.58. The molecule has 2 amide bonds. The summed E-state index contributed by atoms with van der Waals surface area (Å²) < 4.78 is 10.9. The van der Waals surface area contributed by atoms with Crippen molar-refractivity contribution in [2.45, 2.75) is 56.6 Å². The van der Waals surface area contributed by atoms with Gasteiger partial charge in [0.25, 0.3) is 5.91 Å². The molecule has 1 aromatic heterocycles. The molecule has 3 aromatic rings. The van der Waals surface area contributed by atoms with Crippen molar-refractivity contribution < 1.29 is 23.9 Å². The molecule has 0 saturated heterocycles. The van der Waals surface area contributed by atoms with Gasteiger partial charge in [0.1, 0.15) is 10.8 Å². The van der Waals surface area contributed by atoms with Crippen LogP contribution in [0.3, 0.4) is 0 Å². The largest absolute Gasteiger partial charge is 0.484 e. The standard InChI is InChI=1S/C30H34N2O5S2/c1-4-24(28(34)32-29-27(30(35)36-5-2)23-15-14-19(3)16-25(23)39-29)38-22-13-9-10-20(17-22)31-26(33)18-37-21-11-7-6-8-12-21/h6-13,17,19,24H,4-5,14-16,18H2,1-3H3,(H,31,33)(H,32,34). The van der Waals surface area contributed by atoms with Gasteiger partial charge in [-0.15, -0.1) is 23.1 Å². The Labute approximate surface area is 237 Å². The third kappa shape index (κ3) is 7.64. The number of amides is 2. The van der Waals surface area contributed by atoms with E-state index >= 15 is 0 Å². The zero-order chi connectivity index (χ0) is 27.8. The predicted molar refractivity (Wildman–Crippen MR) is 157 cm³/mol. The number of rotatable bonds is 11. The van der Waals surface area contributed by atoms with Gasteiger partial charge in [-0.05, 0) is 74.4 Å². The van der Waals surface area contributed by atoms with E-state index < -0.39 is 0 Å². The maximum atomic E-state index is 13.4. The molecule has 1 aliphatic rings. The van der Waals surface area contributed by atoms with E-state index in [0.717, 1.165) is 34.6 Å².